The molecule has 0 aliphatic rings. The molecule has 0 N–H and O–H groups in total. The highest BCUT2D eigenvalue weighted by molar-refractivity contribution is 9.09. The summed E-state index contributed by atoms with van der Waals surface area (Å²) in [6, 6.07) is 11.2. The second-order valence-corrected chi connectivity index (χ2v) is 5.81. The van der Waals surface area contributed by atoms with E-state index >= 15 is 0 Å². The van der Waals surface area contributed by atoms with Gasteiger partial charge in [0.25, 0.3) is 0 Å². The van der Waals surface area contributed by atoms with Crippen molar-refractivity contribution in [3.8, 4) is 0 Å². The fourth-order valence-corrected chi connectivity index (χ4v) is 2.89. The number of hydrogen-bond donors (Lipinski definition) is 0. The topological polar surface area (TPSA) is 0 Å². The van der Waals surface area contributed by atoms with Crippen molar-refractivity contribution in [2.45, 2.75) is 12.8 Å². The standard InChI is InChI=1S/C16H14BrClF2/c17-10-12(7-11-3-1-4-13(19)8-11)9-14-15(18)5-2-6-16(14)20/h1-6,8,12H,7,9-10H2. The van der Waals surface area contributed by atoms with Crippen molar-refractivity contribution in [1.29, 1.82) is 0 Å². The lowest BCUT2D eigenvalue weighted by atomic mass is 9.94. The van der Waals surface area contributed by atoms with E-state index < -0.39 is 0 Å². The quantitative estimate of drug-likeness (QED) is 0.626. The Hall–Kier alpha value is -0.930. The smallest absolute Gasteiger partial charge is 0.127 e. The molecule has 0 bridgehead atoms. The van der Waals surface area contributed by atoms with E-state index in [1.165, 1.54) is 18.2 Å². The molecule has 0 radical (unpaired) electrons. The molecule has 20 heavy (non-hydrogen) atoms. The summed E-state index contributed by atoms with van der Waals surface area (Å²) in [6.07, 6.45) is 1.20. The van der Waals surface area contributed by atoms with E-state index in [2.05, 4.69) is 15.9 Å². The third-order valence-electron chi connectivity index (χ3n) is 3.19. The minimum atomic E-state index is -0.289. The summed E-state index contributed by atoms with van der Waals surface area (Å²) >= 11 is 9.48. The first-order valence-electron chi connectivity index (χ1n) is 6.33. The Labute approximate surface area is 130 Å². The van der Waals surface area contributed by atoms with Crippen LogP contribution in [0.2, 0.25) is 5.02 Å². The SMILES string of the molecule is Fc1cccc(CC(CBr)Cc2c(F)cccc2Cl)c1. The van der Waals surface area contributed by atoms with Crippen LogP contribution >= 0.6 is 27.5 Å². The molecule has 0 aliphatic heterocycles. The first-order chi connectivity index (χ1) is 9.60. The highest BCUT2D eigenvalue weighted by Crippen LogP contribution is 2.25. The van der Waals surface area contributed by atoms with Crippen LogP contribution in [-0.2, 0) is 12.8 Å². The molecule has 0 nitrogen and oxygen atoms in total. The summed E-state index contributed by atoms with van der Waals surface area (Å²) < 4.78 is 27.0. The van der Waals surface area contributed by atoms with Crippen LogP contribution in [0.1, 0.15) is 11.1 Å². The molecular formula is C16H14BrClF2. The molecule has 4 heteroatoms. The maximum Gasteiger partial charge on any atom is 0.127 e. The molecule has 0 heterocycles. The Morgan fingerprint density at radius 1 is 1.05 bits per heavy atom. The van der Waals surface area contributed by atoms with Gasteiger partial charge in [-0.3, -0.25) is 0 Å². The van der Waals surface area contributed by atoms with E-state index in [9.17, 15) is 8.78 Å². The van der Waals surface area contributed by atoms with E-state index in [1.807, 2.05) is 6.07 Å². The van der Waals surface area contributed by atoms with Crippen LogP contribution in [0.15, 0.2) is 42.5 Å². The van der Waals surface area contributed by atoms with Crippen LogP contribution in [0, 0.1) is 17.6 Å². The van der Waals surface area contributed by atoms with Gasteiger partial charge < -0.3 is 0 Å². The number of alkyl halides is 1. The summed E-state index contributed by atoms with van der Waals surface area (Å²) in [5.41, 5.74) is 1.43. The molecule has 0 aromatic heterocycles. The van der Waals surface area contributed by atoms with E-state index in [-0.39, 0.29) is 17.6 Å². The molecular weight excluding hydrogens is 346 g/mol. The zero-order chi connectivity index (χ0) is 14.5. The third kappa shape index (κ3) is 4.03. The van der Waals surface area contributed by atoms with Crippen LogP contribution in [0.25, 0.3) is 0 Å². The Kier molecular flexibility index (Phi) is 5.55. The number of halogens is 4. The largest absolute Gasteiger partial charge is 0.207 e. The molecule has 0 amide bonds. The zero-order valence-corrected chi connectivity index (χ0v) is 13.1. The lowest BCUT2D eigenvalue weighted by molar-refractivity contribution is 0.548. The van der Waals surface area contributed by atoms with Crippen LogP contribution in [0.4, 0.5) is 8.78 Å². The van der Waals surface area contributed by atoms with E-state index in [0.717, 1.165) is 5.56 Å². The number of hydrogen-bond acceptors (Lipinski definition) is 0. The second kappa shape index (κ2) is 7.19. The van der Waals surface area contributed by atoms with Crippen molar-refractivity contribution in [2.24, 2.45) is 5.92 Å². The first-order valence-corrected chi connectivity index (χ1v) is 7.83. The second-order valence-electron chi connectivity index (χ2n) is 4.76. The molecule has 0 saturated heterocycles. The molecule has 1 atom stereocenters. The van der Waals surface area contributed by atoms with Gasteiger partial charge in [-0.05, 0) is 48.6 Å². The summed E-state index contributed by atoms with van der Waals surface area (Å²) in [4.78, 5) is 0. The minimum Gasteiger partial charge on any atom is -0.207 e. The number of rotatable bonds is 5. The molecule has 1 unspecified atom stereocenters. The summed E-state index contributed by atoms with van der Waals surface area (Å²) in [7, 11) is 0. The van der Waals surface area contributed by atoms with Gasteiger partial charge in [-0.1, -0.05) is 45.7 Å². The molecule has 0 aliphatic carbocycles. The van der Waals surface area contributed by atoms with Crippen LogP contribution in [-0.4, -0.2) is 5.33 Å². The van der Waals surface area contributed by atoms with Crippen LogP contribution in [0.3, 0.4) is 0 Å². The molecule has 2 aromatic rings. The molecule has 106 valence electrons. The molecule has 0 spiro atoms. The fourth-order valence-electron chi connectivity index (χ4n) is 2.19. The van der Waals surface area contributed by atoms with Crippen molar-refractivity contribution < 1.29 is 8.78 Å². The van der Waals surface area contributed by atoms with Gasteiger partial charge in [-0.15, -0.1) is 0 Å². The van der Waals surface area contributed by atoms with Crippen molar-refractivity contribution >= 4 is 27.5 Å². The van der Waals surface area contributed by atoms with Gasteiger partial charge in [0.2, 0.25) is 0 Å². The Morgan fingerprint density at radius 2 is 1.80 bits per heavy atom. The van der Waals surface area contributed by atoms with Crippen LogP contribution in [0.5, 0.6) is 0 Å². The molecule has 0 fully saturated rings. The van der Waals surface area contributed by atoms with Gasteiger partial charge in [-0.2, -0.15) is 0 Å². The summed E-state index contributed by atoms with van der Waals surface area (Å²) in [5.74, 6) is -0.381. The van der Waals surface area contributed by atoms with Crippen LogP contribution < -0.4 is 0 Å². The molecule has 0 saturated carbocycles. The first kappa shape index (κ1) is 15.5. The monoisotopic (exact) mass is 358 g/mol. The fraction of sp³-hybridized carbons (Fsp3) is 0.250. The zero-order valence-electron chi connectivity index (χ0n) is 10.8. The van der Waals surface area contributed by atoms with Gasteiger partial charge >= 0.3 is 0 Å². The Morgan fingerprint density at radius 3 is 2.45 bits per heavy atom. The number of benzene rings is 2. The van der Waals surface area contributed by atoms with E-state index in [4.69, 9.17) is 11.6 Å². The highest BCUT2D eigenvalue weighted by atomic mass is 79.9. The Balaban J connectivity index is 2.13. The van der Waals surface area contributed by atoms with Crippen molar-refractivity contribution in [3.63, 3.8) is 0 Å². The van der Waals surface area contributed by atoms with Gasteiger partial charge in [-0.25, -0.2) is 8.78 Å². The van der Waals surface area contributed by atoms with Crippen molar-refractivity contribution in [1.82, 2.24) is 0 Å². The van der Waals surface area contributed by atoms with Gasteiger partial charge in [0.1, 0.15) is 11.6 Å². The average molecular weight is 360 g/mol. The van der Waals surface area contributed by atoms with Gasteiger partial charge in [0, 0.05) is 15.9 Å². The molecule has 2 rings (SSSR count). The van der Waals surface area contributed by atoms with Gasteiger partial charge in [0.15, 0.2) is 0 Å². The summed E-state index contributed by atoms with van der Waals surface area (Å²) in [6.45, 7) is 0. The Bertz CT molecular complexity index is 566. The van der Waals surface area contributed by atoms with Crippen molar-refractivity contribution in [2.75, 3.05) is 5.33 Å². The predicted molar refractivity (Wildman–Crippen MR) is 82.5 cm³/mol. The van der Waals surface area contributed by atoms with E-state index in [0.29, 0.717) is 28.8 Å². The normalized spacial score (nSPS) is 12.4. The van der Waals surface area contributed by atoms with Gasteiger partial charge in [0.05, 0.1) is 0 Å². The summed E-state index contributed by atoms with van der Waals surface area (Å²) in [5, 5.41) is 1.14. The third-order valence-corrected chi connectivity index (χ3v) is 4.46. The lowest BCUT2D eigenvalue weighted by Gasteiger charge is -2.16. The predicted octanol–water partition coefficient (Wildman–Crippen LogP) is 5.41. The highest BCUT2D eigenvalue weighted by Gasteiger charge is 2.15. The minimum absolute atomic E-state index is 0.159. The molecule has 2 aromatic carbocycles. The van der Waals surface area contributed by atoms with E-state index in [1.54, 1.807) is 18.2 Å². The average Bonchev–Trinajstić information content (AvgIpc) is 2.42. The maximum absolute atomic E-state index is 13.8. The maximum atomic E-state index is 13.8. The lowest BCUT2D eigenvalue weighted by Crippen LogP contribution is -2.11. The van der Waals surface area contributed by atoms with Crippen molar-refractivity contribution in [3.05, 3.63) is 70.2 Å².